The molecule has 0 spiro atoms. The summed E-state index contributed by atoms with van der Waals surface area (Å²) in [7, 11) is 3.26. The number of hydrogen-bond acceptors (Lipinski definition) is 5. The number of methoxy groups -OCH3 is 2. The van der Waals surface area contributed by atoms with E-state index in [9.17, 15) is 0 Å². The minimum absolute atomic E-state index is 0.664. The molecule has 4 rings (SSSR count). The Labute approximate surface area is 147 Å². The van der Waals surface area contributed by atoms with Crippen molar-refractivity contribution in [3.63, 3.8) is 0 Å². The lowest BCUT2D eigenvalue weighted by atomic mass is 9.90. The number of fused-ring (bicyclic) bond motifs is 2. The molecule has 1 N–H and O–H groups in total. The van der Waals surface area contributed by atoms with Gasteiger partial charge in [-0.2, -0.15) is 0 Å². The Morgan fingerprint density at radius 2 is 1.76 bits per heavy atom. The van der Waals surface area contributed by atoms with Gasteiger partial charge in [-0.1, -0.05) is 12.1 Å². The van der Waals surface area contributed by atoms with E-state index >= 15 is 0 Å². The van der Waals surface area contributed by atoms with Crippen molar-refractivity contribution < 1.29 is 9.47 Å². The van der Waals surface area contributed by atoms with E-state index in [2.05, 4.69) is 33.5 Å². The summed E-state index contributed by atoms with van der Waals surface area (Å²) in [5.41, 5.74) is 4.79. The number of nitrogens with one attached hydrogen (secondary N) is 1. The lowest BCUT2D eigenvalue weighted by Gasteiger charge is -2.20. The Hall–Kier alpha value is -2.82. The summed E-state index contributed by atoms with van der Waals surface area (Å²) in [5, 5.41) is 4.43. The fourth-order valence-electron chi connectivity index (χ4n) is 3.51. The summed E-state index contributed by atoms with van der Waals surface area (Å²) in [5.74, 6) is 2.12. The predicted octanol–water partition coefficient (Wildman–Crippen LogP) is 4.27. The minimum Gasteiger partial charge on any atom is -0.493 e. The molecule has 0 amide bonds. The molecule has 0 atom stereocenters. The molecular formula is C20H21N3O2. The average molecular weight is 335 g/mol. The standard InChI is InChI=1S/C20H21N3O2/c1-24-18-10-15-17(11-19(18)25-2)21-12-22-20(15)23-16-9-5-7-13-6-3-4-8-14(13)16/h5,7,9-12H,3-4,6,8H2,1-2H3,(H,21,22,23). The summed E-state index contributed by atoms with van der Waals surface area (Å²) in [6.45, 7) is 0. The van der Waals surface area contributed by atoms with Crippen molar-refractivity contribution >= 4 is 22.4 Å². The van der Waals surface area contributed by atoms with Gasteiger partial charge in [0.1, 0.15) is 12.1 Å². The molecule has 1 aromatic heterocycles. The van der Waals surface area contributed by atoms with Crippen LogP contribution in [-0.4, -0.2) is 24.2 Å². The first-order valence-corrected chi connectivity index (χ1v) is 8.54. The van der Waals surface area contributed by atoms with Crippen LogP contribution in [0.25, 0.3) is 10.9 Å². The van der Waals surface area contributed by atoms with Gasteiger partial charge in [0, 0.05) is 17.1 Å². The van der Waals surface area contributed by atoms with Crippen LogP contribution in [0.5, 0.6) is 11.5 Å². The van der Waals surface area contributed by atoms with Crippen LogP contribution in [0.2, 0.25) is 0 Å². The van der Waals surface area contributed by atoms with Gasteiger partial charge in [0.2, 0.25) is 0 Å². The smallest absolute Gasteiger partial charge is 0.162 e. The van der Waals surface area contributed by atoms with Crippen LogP contribution in [0.4, 0.5) is 11.5 Å². The Kier molecular flexibility index (Phi) is 4.14. The third-order valence-electron chi connectivity index (χ3n) is 4.79. The van der Waals surface area contributed by atoms with Crippen molar-refractivity contribution in [2.45, 2.75) is 25.7 Å². The molecule has 0 aliphatic heterocycles. The molecule has 128 valence electrons. The van der Waals surface area contributed by atoms with E-state index in [-0.39, 0.29) is 0 Å². The second-order valence-corrected chi connectivity index (χ2v) is 6.22. The Bertz CT molecular complexity index is 924. The maximum Gasteiger partial charge on any atom is 0.162 e. The molecule has 3 aromatic rings. The average Bonchev–Trinajstić information content (AvgIpc) is 2.67. The van der Waals surface area contributed by atoms with Gasteiger partial charge < -0.3 is 14.8 Å². The quantitative estimate of drug-likeness (QED) is 0.771. The van der Waals surface area contributed by atoms with Gasteiger partial charge >= 0.3 is 0 Å². The summed E-state index contributed by atoms with van der Waals surface area (Å²) in [6.07, 6.45) is 6.34. The summed E-state index contributed by atoms with van der Waals surface area (Å²) in [6, 6.07) is 10.3. The fraction of sp³-hybridized carbons (Fsp3) is 0.300. The highest BCUT2D eigenvalue weighted by atomic mass is 16.5. The Balaban J connectivity index is 1.80. The Morgan fingerprint density at radius 1 is 0.960 bits per heavy atom. The number of anilines is 2. The van der Waals surface area contributed by atoms with Gasteiger partial charge in [0.25, 0.3) is 0 Å². The molecule has 0 radical (unpaired) electrons. The van der Waals surface area contributed by atoms with E-state index in [4.69, 9.17) is 9.47 Å². The molecule has 0 fully saturated rings. The molecule has 5 nitrogen and oxygen atoms in total. The van der Waals surface area contributed by atoms with E-state index in [1.165, 1.54) is 24.0 Å². The third kappa shape index (κ3) is 2.86. The number of hydrogen-bond donors (Lipinski definition) is 1. The largest absolute Gasteiger partial charge is 0.493 e. The Morgan fingerprint density at radius 3 is 2.60 bits per heavy atom. The first-order valence-electron chi connectivity index (χ1n) is 8.54. The topological polar surface area (TPSA) is 56.3 Å². The predicted molar refractivity (Wildman–Crippen MR) is 99.0 cm³/mol. The van der Waals surface area contributed by atoms with Crippen LogP contribution in [0, 0.1) is 0 Å². The fourth-order valence-corrected chi connectivity index (χ4v) is 3.51. The monoisotopic (exact) mass is 335 g/mol. The maximum absolute atomic E-state index is 5.43. The molecule has 0 saturated heterocycles. The van der Waals surface area contributed by atoms with Crippen LogP contribution < -0.4 is 14.8 Å². The van der Waals surface area contributed by atoms with E-state index in [1.807, 2.05) is 12.1 Å². The normalized spacial score (nSPS) is 13.4. The first kappa shape index (κ1) is 15.7. The number of benzene rings is 2. The molecule has 1 aliphatic rings. The van der Waals surface area contributed by atoms with E-state index in [1.54, 1.807) is 20.5 Å². The zero-order chi connectivity index (χ0) is 17.2. The molecule has 0 unspecified atom stereocenters. The highest BCUT2D eigenvalue weighted by Gasteiger charge is 2.15. The van der Waals surface area contributed by atoms with E-state index < -0.39 is 0 Å². The number of ether oxygens (including phenoxy) is 2. The number of rotatable bonds is 4. The van der Waals surface area contributed by atoms with Gasteiger partial charge in [-0.15, -0.1) is 0 Å². The van der Waals surface area contributed by atoms with Crippen molar-refractivity contribution in [1.29, 1.82) is 0 Å². The zero-order valence-electron chi connectivity index (χ0n) is 14.5. The molecule has 1 aliphatic carbocycles. The van der Waals surface area contributed by atoms with Gasteiger partial charge in [0.05, 0.1) is 19.7 Å². The van der Waals surface area contributed by atoms with Crippen molar-refractivity contribution in [3.8, 4) is 11.5 Å². The first-order chi connectivity index (χ1) is 12.3. The van der Waals surface area contributed by atoms with Crippen molar-refractivity contribution in [2.75, 3.05) is 19.5 Å². The van der Waals surface area contributed by atoms with Crippen molar-refractivity contribution in [3.05, 3.63) is 47.8 Å². The van der Waals surface area contributed by atoms with E-state index in [0.29, 0.717) is 11.5 Å². The number of nitrogens with zero attached hydrogens (tertiary/aromatic N) is 2. The number of aryl methyl sites for hydroxylation is 1. The van der Waals surface area contributed by atoms with Gasteiger partial charge in [0.15, 0.2) is 11.5 Å². The highest BCUT2D eigenvalue weighted by Crippen LogP contribution is 2.36. The number of aromatic nitrogens is 2. The van der Waals surface area contributed by atoms with Gasteiger partial charge in [-0.3, -0.25) is 0 Å². The van der Waals surface area contributed by atoms with Crippen molar-refractivity contribution in [1.82, 2.24) is 9.97 Å². The minimum atomic E-state index is 0.664. The lowest BCUT2D eigenvalue weighted by molar-refractivity contribution is 0.356. The van der Waals surface area contributed by atoms with Crippen LogP contribution in [0.15, 0.2) is 36.7 Å². The molecule has 0 saturated carbocycles. The highest BCUT2D eigenvalue weighted by molar-refractivity contribution is 5.93. The SMILES string of the molecule is COc1cc2ncnc(Nc3cccc4c3CCCC4)c2cc1OC. The second-order valence-electron chi connectivity index (χ2n) is 6.22. The molecule has 25 heavy (non-hydrogen) atoms. The molecular weight excluding hydrogens is 314 g/mol. The second kappa shape index (κ2) is 6.59. The van der Waals surface area contributed by atoms with Gasteiger partial charge in [-0.25, -0.2) is 9.97 Å². The molecule has 5 heteroatoms. The van der Waals surface area contributed by atoms with Crippen LogP contribution in [0.3, 0.4) is 0 Å². The van der Waals surface area contributed by atoms with Crippen LogP contribution >= 0.6 is 0 Å². The summed E-state index contributed by atoms with van der Waals surface area (Å²) in [4.78, 5) is 8.83. The molecule has 1 heterocycles. The summed E-state index contributed by atoms with van der Waals surface area (Å²) >= 11 is 0. The summed E-state index contributed by atoms with van der Waals surface area (Å²) < 4.78 is 10.8. The van der Waals surface area contributed by atoms with Crippen LogP contribution in [0.1, 0.15) is 24.0 Å². The van der Waals surface area contributed by atoms with Gasteiger partial charge in [-0.05, 0) is 48.9 Å². The zero-order valence-corrected chi connectivity index (χ0v) is 14.5. The lowest BCUT2D eigenvalue weighted by Crippen LogP contribution is -2.07. The van der Waals surface area contributed by atoms with Crippen LogP contribution in [-0.2, 0) is 12.8 Å². The third-order valence-corrected chi connectivity index (χ3v) is 4.79. The molecule has 2 aromatic carbocycles. The van der Waals surface area contributed by atoms with E-state index in [0.717, 1.165) is 35.2 Å². The molecule has 0 bridgehead atoms. The van der Waals surface area contributed by atoms with Crippen molar-refractivity contribution in [2.24, 2.45) is 0 Å². The maximum atomic E-state index is 5.43.